The van der Waals surface area contributed by atoms with Crippen molar-refractivity contribution in [3.8, 4) is 95.7 Å². The van der Waals surface area contributed by atoms with Crippen LogP contribution in [0.25, 0.3) is 118 Å². The van der Waals surface area contributed by atoms with Crippen molar-refractivity contribution in [3.63, 3.8) is 0 Å². The van der Waals surface area contributed by atoms with Gasteiger partial charge in [-0.2, -0.15) is 0 Å². The average Bonchev–Trinajstić information content (AvgIpc) is 3.73. The number of fused-ring (bicyclic) bond motifs is 3. The highest BCUT2D eigenvalue weighted by Gasteiger charge is 2.22. The predicted octanol–water partition coefficient (Wildman–Crippen LogP) is 16.9. The van der Waals surface area contributed by atoms with Crippen molar-refractivity contribution in [1.29, 1.82) is 0 Å². The van der Waals surface area contributed by atoms with Crippen LogP contribution < -0.4 is 0 Å². The first-order chi connectivity index (χ1) is 34.8. The van der Waals surface area contributed by atoms with Crippen LogP contribution in [0.15, 0.2) is 224 Å². The van der Waals surface area contributed by atoms with E-state index in [1.807, 2.05) is 48.5 Å². The normalized spacial score (nSPS) is 11.4. The smallest absolute Gasteiger partial charge is 0.160 e. The van der Waals surface area contributed by atoms with Gasteiger partial charge >= 0.3 is 0 Å². The van der Waals surface area contributed by atoms with E-state index in [1.165, 1.54) is 55.3 Å². The Morgan fingerprint density at radius 2 is 0.634 bits per heavy atom. The van der Waals surface area contributed by atoms with E-state index in [-0.39, 0.29) is 0 Å². The molecule has 0 aliphatic heterocycles. The molecule has 0 aliphatic rings. The molecule has 0 saturated heterocycles. The average molecular weight is 912 g/mol. The Labute approximate surface area is 414 Å². The number of benzene rings is 9. The van der Waals surface area contributed by atoms with Crippen molar-refractivity contribution in [1.82, 2.24) is 24.5 Å². The predicted molar refractivity (Wildman–Crippen MR) is 294 cm³/mol. The number of hydrogen-bond donors (Lipinski definition) is 0. The first-order valence-corrected chi connectivity index (χ1v) is 24.2. The number of hydrogen-bond acceptors (Lipinski definition) is 4. The molecule has 0 atom stereocenters. The second-order valence-corrected chi connectivity index (χ2v) is 18.7. The van der Waals surface area contributed by atoms with Gasteiger partial charge in [-0.25, -0.2) is 19.9 Å². The molecule has 9 aromatic carbocycles. The molecule has 338 valence electrons. The van der Waals surface area contributed by atoms with Crippen molar-refractivity contribution >= 4 is 21.8 Å². The van der Waals surface area contributed by atoms with Crippen LogP contribution in [0.5, 0.6) is 0 Å². The summed E-state index contributed by atoms with van der Waals surface area (Å²) >= 11 is 0. The van der Waals surface area contributed by atoms with Crippen molar-refractivity contribution in [2.45, 2.75) is 27.7 Å². The topological polar surface area (TPSA) is 56.5 Å². The van der Waals surface area contributed by atoms with Crippen LogP contribution in [0, 0.1) is 27.7 Å². The number of nitrogens with zero attached hydrogens (tertiary/aromatic N) is 5. The van der Waals surface area contributed by atoms with E-state index in [0.29, 0.717) is 11.6 Å². The summed E-state index contributed by atoms with van der Waals surface area (Å²) in [5, 5.41) is 2.35. The summed E-state index contributed by atoms with van der Waals surface area (Å²) in [7, 11) is 0. The van der Waals surface area contributed by atoms with Gasteiger partial charge in [-0.1, -0.05) is 198 Å². The molecule has 0 N–H and O–H groups in total. The van der Waals surface area contributed by atoms with E-state index < -0.39 is 0 Å². The fourth-order valence-electron chi connectivity index (χ4n) is 10.1. The Morgan fingerprint density at radius 3 is 1.07 bits per heavy atom. The molecule has 12 rings (SSSR count). The van der Waals surface area contributed by atoms with Gasteiger partial charge < -0.3 is 4.57 Å². The van der Waals surface area contributed by atoms with Crippen LogP contribution in [0.1, 0.15) is 22.3 Å². The molecule has 71 heavy (non-hydrogen) atoms. The van der Waals surface area contributed by atoms with Gasteiger partial charge in [-0.05, 0) is 98.5 Å². The summed E-state index contributed by atoms with van der Waals surface area (Å²) in [6.07, 6.45) is 0. The van der Waals surface area contributed by atoms with E-state index in [9.17, 15) is 0 Å². The summed E-state index contributed by atoms with van der Waals surface area (Å²) < 4.78 is 2.43. The minimum atomic E-state index is 0.650. The SMILES string of the molecule is Cc1cc(C)cc(-c2ccc3c(c2)c2cc(-c4cc(C)cc(C)c4)ccc2n3-c2ccc(-c3cc(-c4ccccc4)nc(-c4ccccc4)n3)cc2-c2cc(-c3ccccc3)nc(-c3ccccc3)n2)c1. The summed E-state index contributed by atoms with van der Waals surface area (Å²) in [5.41, 5.74) is 22.0. The summed E-state index contributed by atoms with van der Waals surface area (Å²) in [4.78, 5) is 21.1. The molecule has 5 nitrogen and oxygen atoms in total. The zero-order valence-electron chi connectivity index (χ0n) is 40.1. The largest absolute Gasteiger partial charge is 0.309 e. The molecule has 0 saturated carbocycles. The molecule has 0 fully saturated rings. The zero-order chi connectivity index (χ0) is 48.0. The molecule has 0 bridgehead atoms. The van der Waals surface area contributed by atoms with Gasteiger partial charge in [0.15, 0.2) is 11.6 Å². The Kier molecular flexibility index (Phi) is 11.0. The quantitative estimate of drug-likeness (QED) is 0.145. The number of aryl methyl sites for hydroxylation is 4. The fourth-order valence-corrected chi connectivity index (χ4v) is 10.1. The second-order valence-electron chi connectivity index (χ2n) is 18.7. The lowest BCUT2D eigenvalue weighted by Gasteiger charge is -2.17. The minimum Gasteiger partial charge on any atom is -0.309 e. The lowest BCUT2D eigenvalue weighted by Crippen LogP contribution is -2.02. The Morgan fingerprint density at radius 1 is 0.268 bits per heavy atom. The zero-order valence-corrected chi connectivity index (χ0v) is 40.1. The van der Waals surface area contributed by atoms with Crippen LogP contribution in [0.2, 0.25) is 0 Å². The van der Waals surface area contributed by atoms with Gasteiger partial charge in [0.05, 0.1) is 39.5 Å². The third kappa shape index (κ3) is 8.49. The molecule has 5 heteroatoms. The van der Waals surface area contributed by atoms with Gasteiger partial charge in [0.2, 0.25) is 0 Å². The van der Waals surface area contributed by atoms with Crippen molar-refractivity contribution < 1.29 is 0 Å². The lowest BCUT2D eigenvalue weighted by molar-refractivity contribution is 1.15. The summed E-state index contributed by atoms with van der Waals surface area (Å²) in [6.45, 7) is 8.70. The van der Waals surface area contributed by atoms with E-state index in [0.717, 1.165) is 72.9 Å². The van der Waals surface area contributed by atoms with Crippen LogP contribution in [0.3, 0.4) is 0 Å². The maximum Gasteiger partial charge on any atom is 0.160 e. The van der Waals surface area contributed by atoms with E-state index >= 15 is 0 Å². The molecule has 0 radical (unpaired) electrons. The molecule has 0 aliphatic carbocycles. The van der Waals surface area contributed by atoms with Crippen LogP contribution in [-0.2, 0) is 0 Å². The van der Waals surface area contributed by atoms with Crippen molar-refractivity contribution in [2.75, 3.05) is 0 Å². The first-order valence-electron chi connectivity index (χ1n) is 24.2. The van der Waals surface area contributed by atoms with Crippen LogP contribution in [-0.4, -0.2) is 24.5 Å². The lowest BCUT2D eigenvalue weighted by atomic mass is 9.97. The monoisotopic (exact) mass is 911 g/mol. The van der Waals surface area contributed by atoms with Gasteiger partial charge in [-0.15, -0.1) is 0 Å². The van der Waals surface area contributed by atoms with E-state index in [4.69, 9.17) is 19.9 Å². The maximum atomic E-state index is 5.48. The Hall–Kier alpha value is -9.06. The third-order valence-electron chi connectivity index (χ3n) is 13.3. The fraction of sp³-hybridized carbons (Fsp3) is 0.0606. The van der Waals surface area contributed by atoms with E-state index in [1.54, 1.807) is 0 Å². The molecule has 0 spiro atoms. The molecular formula is C66H49N5. The number of rotatable bonds is 9. The van der Waals surface area contributed by atoms with Crippen LogP contribution in [0.4, 0.5) is 0 Å². The van der Waals surface area contributed by atoms with Gasteiger partial charge in [-0.3, -0.25) is 0 Å². The third-order valence-corrected chi connectivity index (χ3v) is 13.3. The van der Waals surface area contributed by atoms with Gasteiger partial charge in [0.1, 0.15) is 0 Å². The molecule has 3 aromatic heterocycles. The van der Waals surface area contributed by atoms with Crippen molar-refractivity contribution in [2.24, 2.45) is 0 Å². The maximum absolute atomic E-state index is 5.48. The molecule has 0 amide bonds. The minimum absolute atomic E-state index is 0.650. The molecule has 12 aromatic rings. The summed E-state index contributed by atoms with van der Waals surface area (Å²) in [5.74, 6) is 1.31. The summed E-state index contributed by atoms with van der Waals surface area (Å²) in [6, 6.07) is 79.7. The second kappa shape index (κ2) is 18.1. The Bertz CT molecular complexity index is 3690. The van der Waals surface area contributed by atoms with Crippen LogP contribution >= 0.6 is 0 Å². The molecular weight excluding hydrogens is 863 g/mol. The molecule has 0 unspecified atom stereocenters. The van der Waals surface area contributed by atoms with E-state index in [2.05, 4.69) is 208 Å². The standard InChI is InChI=1S/C66H49N5/c1-42-31-43(2)34-53(33-42)50-25-28-62-55(37-50)56-38-51(54-35-44(3)32-45(4)36-54)26-29-63(56)71(62)64-30-27-52(60-40-58(46-17-9-5-10-18-46)67-65(69-60)48-21-13-7-14-22-48)39-57(64)61-41-59(47-19-11-6-12-20-47)68-66(70-61)49-23-15-8-16-24-49/h5-41H,1-4H3. The highest BCUT2D eigenvalue weighted by molar-refractivity contribution is 6.12. The highest BCUT2D eigenvalue weighted by Crippen LogP contribution is 2.42. The highest BCUT2D eigenvalue weighted by atomic mass is 15.0. The first kappa shape index (κ1) is 43.2. The molecule has 3 heterocycles. The van der Waals surface area contributed by atoms with Crippen molar-refractivity contribution in [3.05, 3.63) is 247 Å². The Balaban J connectivity index is 1.15. The number of aromatic nitrogens is 5. The van der Waals surface area contributed by atoms with Gasteiger partial charge in [0, 0.05) is 44.2 Å². The van der Waals surface area contributed by atoms with Gasteiger partial charge in [0.25, 0.3) is 0 Å².